The normalized spacial score (nSPS) is 32.4. The summed E-state index contributed by atoms with van der Waals surface area (Å²) in [4.78, 5) is 0. The molecule has 0 aromatic carbocycles. The van der Waals surface area contributed by atoms with Gasteiger partial charge in [0.15, 0.2) is 0 Å². The van der Waals surface area contributed by atoms with Crippen molar-refractivity contribution in [2.45, 2.75) is 46.3 Å². The second-order valence-electron chi connectivity index (χ2n) is 4.40. The van der Waals surface area contributed by atoms with Crippen molar-refractivity contribution in [1.82, 2.24) is 0 Å². The molecule has 0 N–H and O–H groups in total. The van der Waals surface area contributed by atoms with E-state index in [0.29, 0.717) is 6.42 Å². The lowest BCUT2D eigenvalue weighted by Gasteiger charge is -2.32. The summed E-state index contributed by atoms with van der Waals surface area (Å²) in [5, 5.41) is 0. The van der Waals surface area contributed by atoms with Gasteiger partial charge in [-0.05, 0) is 11.8 Å². The lowest BCUT2D eigenvalue weighted by atomic mass is 9.95. The fraction of sp³-hybridized carbons (Fsp3) is 1.00. The molecule has 5 heteroatoms. The largest absolute Gasteiger partial charge is 0.400 e. The summed E-state index contributed by atoms with van der Waals surface area (Å²) in [6, 6.07) is 0. The fourth-order valence-electron chi connectivity index (χ4n) is 1.40. The molecule has 0 aliphatic carbocycles. The summed E-state index contributed by atoms with van der Waals surface area (Å²) in [6.07, 6.45) is 0.150. The quantitative estimate of drug-likeness (QED) is 0.714. The minimum Gasteiger partial charge on any atom is -0.244 e. The predicted molar refractivity (Wildman–Crippen MR) is 53.0 cm³/mol. The van der Waals surface area contributed by atoms with E-state index in [1.807, 2.05) is 27.7 Å². The highest BCUT2D eigenvalue weighted by molar-refractivity contribution is 7.81. The van der Waals surface area contributed by atoms with Gasteiger partial charge in [-0.1, -0.05) is 27.7 Å². The molecule has 0 unspecified atom stereocenters. The SMILES string of the molecule is CC(C)[C@@H]1C[C@@H](C(C)C)OS(=O)(=O)O1. The second kappa shape index (κ2) is 4.16. The van der Waals surface area contributed by atoms with E-state index >= 15 is 0 Å². The summed E-state index contributed by atoms with van der Waals surface area (Å²) < 4.78 is 32.2. The van der Waals surface area contributed by atoms with Crippen LogP contribution in [0.15, 0.2) is 0 Å². The van der Waals surface area contributed by atoms with Gasteiger partial charge in [-0.15, -0.1) is 0 Å². The monoisotopic (exact) mass is 222 g/mol. The van der Waals surface area contributed by atoms with E-state index in [1.54, 1.807) is 0 Å². The van der Waals surface area contributed by atoms with E-state index in [4.69, 9.17) is 8.37 Å². The van der Waals surface area contributed by atoms with Gasteiger partial charge in [0.25, 0.3) is 0 Å². The smallest absolute Gasteiger partial charge is 0.244 e. The third-order valence-corrected chi connectivity index (χ3v) is 3.40. The van der Waals surface area contributed by atoms with E-state index < -0.39 is 10.4 Å². The molecular weight excluding hydrogens is 204 g/mol. The van der Waals surface area contributed by atoms with Crippen LogP contribution in [0.2, 0.25) is 0 Å². The molecule has 0 saturated carbocycles. The Labute approximate surface area is 85.9 Å². The first-order valence-electron chi connectivity index (χ1n) is 4.93. The van der Waals surface area contributed by atoms with Gasteiger partial charge in [-0.3, -0.25) is 0 Å². The van der Waals surface area contributed by atoms with Crippen LogP contribution in [0.25, 0.3) is 0 Å². The summed E-state index contributed by atoms with van der Waals surface area (Å²) in [5.74, 6) is 0.379. The summed E-state index contributed by atoms with van der Waals surface area (Å²) in [5.41, 5.74) is 0. The Morgan fingerprint density at radius 2 is 1.36 bits per heavy atom. The van der Waals surface area contributed by atoms with Crippen molar-refractivity contribution < 1.29 is 16.8 Å². The van der Waals surface area contributed by atoms with Gasteiger partial charge in [0, 0.05) is 6.42 Å². The predicted octanol–water partition coefficient (Wildman–Crippen LogP) is 1.72. The highest BCUT2D eigenvalue weighted by atomic mass is 32.3. The average molecular weight is 222 g/mol. The molecule has 0 radical (unpaired) electrons. The third kappa shape index (κ3) is 2.93. The molecule has 4 nitrogen and oxygen atoms in total. The molecule has 84 valence electrons. The first-order valence-corrected chi connectivity index (χ1v) is 6.26. The Kier molecular flexibility index (Phi) is 3.55. The molecule has 1 saturated heterocycles. The first-order chi connectivity index (χ1) is 6.32. The molecule has 0 aromatic rings. The molecule has 1 fully saturated rings. The van der Waals surface area contributed by atoms with Crippen LogP contribution >= 0.6 is 0 Å². The maximum absolute atomic E-state index is 11.2. The van der Waals surface area contributed by atoms with E-state index in [-0.39, 0.29) is 24.0 Å². The highest BCUT2D eigenvalue weighted by Crippen LogP contribution is 2.28. The zero-order chi connectivity index (χ0) is 10.9. The lowest BCUT2D eigenvalue weighted by Crippen LogP contribution is -2.39. The van der Waals surface area contributed by atoms with Gasteiger partial charge in [-0.2, -0.15) is 8.42 Å². The molecule has 1 aliphatic rings. The molecular formula is C9H18O4S. The Morgan fingerprint density at radius 1 is 1.00 bits per heavy atom. The molecule has 2 atom stereocenters. The van der Waals surface area contributed by atoms with Crippen molar-refractivity contribution >= 4 is 10.4 Å². The maximum atomic E-state index is 11.2. The lowest BCUT2D eigenvalue weighted by molar-refractivity contribution is 0.000784. The molecule has 0 aromatic heterocycles. The van der Waals surface area contributed by atoms with Crippen molar-refractivity contribution in [3.63, 3.8) is 0 Å². The van der Waals surface area contributed by atoms with E-state index in [0.717, 1.165) is 0 Å². The van der Waals surface area contributed by atoms with Crippen molar-refractivity contribution in [3.8, 4) is 0 Å². The number of hydrogen-bond acceptors (Lipinski definition) is 4. The Bertz CT molecular complexity index is 259. The van der Waals surface area contributed by atoms with Gasteiger partial charge < -0.3 is 0 Å². The second-order valence-corrected chi connectivity index (χ2v) is 5.60. The van der Waals surface area contributed by atoms with Gasteiger partial charge in [0.1, 0.15) is 0 Å². The van der Waals surface area contributed by atoms with Gasteiger partial charge in [-0.25, -0.2) is 8.37 Å². The van der Waals surface area contributed by atoms with Crippen LogP contribution in [0.4, 0.5) is 0 Å². The van der Waals surface area contributed by atoms with E-state index in [2.05, 4.69) is 0 Å². The minimum absolute atomic E-state index is 0.190. The van der Waals surface area contributed by atoms with Gasteiger partial charge in [0.05, 0.1) is 12.2 Å². The van der Waals surface area contributed by atoms with Crippen molar-refractivity contribution in [2.24, 2.45) is 11.8 Å². The summed E-state index contributed by atoms with van der Waals surface area (Å²) in [7, 11) is -3.77. The summed E-state index contributed by atoms with van der Waals surface area (Å²) in [6.45, 7) is 7.79. The van der Waals surface area contributed by atoms with Crippen molar-refractivity contribution in [1.29, 1.82) is 0 Å². The van der Waals surface area contributed by atoms with Crippen LogP contribution in [0.5, 0.6) is 0 Å². The third-order valence-electron chi connectivity index (χ3n) is 2.43. The zero-order valence-corrected chi connectivity index (χ0v) is 9.87. The standard InChI is InChI=1S/C9H18O4S/c1-6(2)8-5-9(7(3)4)13-14(10,11)12-8/h6-9H,5H2,1-4H3/t8-,9-/m0/s1. The number of hydrogen-bond donors (Lipinski definition) is 0. The van der Waals surface area contributed by atoms with E-state index in [9.17, 15) is 8.42 Å². The van der Waals surface area contributed by atoms with Crippen LogP contribution in [-0.2, 0) is 18.8 Å². The molecule has 0 bridgehead atoms. The maximum Gasteiger partial charge on any atom is 0.400 e. The highest BCUT2D eigenvalue weighted by Gasteiger charge is 2.36. The average Bonchev–Trinajstić information content (AvgIpc) is 2.01. The molecule has 0 amide bonds. The Hall–Kier alpha value is -0.130. The van der Waals surface area contributed by atoms with Crippen LogP contribution in [0, 0.1) is 11.8 Å². The molecule has 14 heavy (non-hydrogen) atoms. The molecule has 1 aliphatic heterocycles. The number of rotatable bonds is 2. The van der Waals surface area contributed by atoms with Gasteiger partial charge in [0.2, 0.25) is 0 Å². The minimum atomic E-state index is -3.77. The summed E-state index contributed by atoms with van der Waals surface area (Å²) >= 11 is 0. The molecule has 1 heterocycles. The topological polar surface area (TPSA) is 52.6 Å². The van der Waals surface area contributed by atoms with E-state index in [1.165, 1.54) is 0 Å². The van der Waals surface area contributed by atoms with Crippen LogP contribution in [0.3, 0.4) is 0 Å². The van der Waals surface area contributed by atoms with Crippen LogP contribution < -0.4 is 0 Å². The zero-order valence-electron chi connectivity index (χ0n) is 9.06. The van der Waals surface area contributed by atoms with Crippen molar-refractivity contribution in [2.75, 3.05) is 0 Å². The Morgan fingerprint density at radius 3 is 1.64 bits per heavy atom. The fourth-order valence-corrected chi connectivity index (χ4v) is 2.65. The van der Waals surface area contributed by atoms with Crippen molar-refractivity contribution in [3.05, 3.63) is 0 Å². The first kappa shape index (κ1) is 11.9. The van der Waals surface area contributed by atoms with Crippen LogP contribution in [0.1, 0.15) is 34.1 Å². The Balaban J connectivity index is 2.77. The van der Waals surface area contributed by atoms with Crippen LogP contribution in [-0.4, -0.2) is 20.6 Å². The molecule has 0 spiro atoms. The molecule has 1 rings (SSSR count). The van der Waals surface area contributed by atoms with Gasteiger partial charge >= 0.3 is 10.4 Å².